The van der Waals surface area contributed by atoms with Crippen molar-refractivity contribution in [2.45, 2.75) is 13.3 Å². The summed E-state index contributed by atoms with van der Waals surface area (Å²) in [5, 5.41) is 0. The lowest BCUT2D eigenvalue weighted by atomic mass is 10.1. The number of hydrogen-bond acceptors (Lipinski definition) is 2. The van der Waals surface area contributed by atoms with Crippen molar-refractivity contribution < 1.29 is 9.59 Å². The predicted octanol–water partition coefficient (Wildman–Crippen LogP) is 2.85. The average molecular weight is 241 g/mol. The van der Waals surface area contributed by atoms with Gasteiger partial charge >= 0.3 is 0 Å². The van der Waals surface area contributed by atoms with Crippen LogP contribution in [0.15, 0.2) is 22.7 Å². The van der Waals surface area contributed by atoms with Gasteiger partial charge in [-0.1, -0.05) is 25.1 Å². The van der Waals surface area contributed by atoms with Gasteiger partial charge in [0.25, 0.3) is 0 Å². The molecule has 0 spiro atoms. The minimum atomic E-state index is 0.0376. The van der Waals surface area contributed by atoms with Gasteiger partial charge in [0, 0.05) is 22.0 Å². The molecule has 0 unspecified atom stereocenters. The van der Waals surface area contributed by atoms with E-state index in [1.807, 2.05) is 0 Å². The van der Waals surface area contributed by atoms with Gasteiger partial charge in [-0.3, -0.25) is 9.59 Å². The van der Waals surface area contributed by atoms with Crippen molar-refractivity contribution in [1.82, 2.24) is 0 Å². The largest absolute Gasteiger partial charge is 0.298 e. The molecule has 1 rings (SSSR count). The second-order valence-electron chi connectivity index (χ2n) is 2.60. The molecule has 0 aliphatic rings. The number of rotatable bonds is 3. The second kappa shape index (κ2) is 4.33. The number of carbonyl (C=O) groups is 2. The number of halogens is 1. The first-order valence-corrected chi connectivity index (χ1v) is 4.77. The van der Waals surface area contributed by atoms with Crippen molar-refractivity contribution in [1.29, 1.82) is 0 Å². The minimum absolute atomic E-state index is 0.0376. The summed E-state index contributed by atoms with van der Waals surface area (Å²) in [4.78, 5) is 21.9. The summed E-state index contributed by atoms with van der Waals surface area (Å²) in [6.07, 6.45) is 1.18. The molecule has 0 aliphatic carbocycles. The highest BCUT2D eigenvalue weighted by Gasteiger charge is 2.09. The smallest absolute Gasteiger partial charge is 0.163 e. The van der Waals surface area contributed by atoms with E-state index in [2.05, 4.69) is 15.9 Å². The van der Waals surface area contributed by atoms with Gasteiger partial charge in [-0.25, -0.2) is 0 Å². The zero-order valence-corrected chi connectivity index (χ0v) is 8.80. The molecule has 68 valence electrons. The van der Waals surface area contributed by atoms with Crippen molar-refractivity contribution in [2.75, 3.05) is 0 Å². The predicted molar refractivity (Wildman–Crippen MR) is 54.2 cm³/mol. The van der Waals surface area contributed by atoms with E-state index in [0.29, 0.717) is 22.0 Å². The topological polar surface area (TPSA) is 34.1 Å². The van der Waals surface area contributed by atoms with Gasteiger partial charge in [0.2, 0.25) is 0 Å². The van der Waals surface area contributed by atoms with Crippen LogP contribution < -0.4 is 0 Å². The van der Waals surface area contributed by atoms with Crippen LogP contribution in [-0.2, 0) is 0 Å². The van der Waals surface area contributed by atoms with Crippen LogP contribution in [0, 0.1) is 0 Å². The monoisotopic (exact) mass is 240 g/mol. The maximum atomic E-state index is 11.4. The molecule has 0 atom stereocenters. The Kier molecular flexibility index (Phi) is 3.37. The molecule has 2 nitrogen and oxygen atoms in total. The van der Waals surface area contributed by atoms with E-state index in [0.717, 1.165) is 6.29 Å². The molecule has 0 aromatic heterocycles. The summed E-state index contributed by atoms with van der Waals surface area (Å²) in [5.41, 5.74) is 1.09. The molecule has 0 saturated carbocycles. The first-order valence-electron chi connectivity index (χ1n) is 3.97. The van der Waals surface area contributed by atoms with Crippen LogP contribution in [0.3, 0.4) is 0 Å². The molecule has 3 heteroatoms. The number of carbonyl (C=O) groups excluding carboxylic acids is 2. The zero-order valence-electron chi connectivity index (χ0n) is 7.21. The fourth-order valence-electron chi connectivity index (χ4n) is 1.05. The van der Waals surface area contributed by atoms with E-state index in [1.54, 1.807) is 25.1 Å². The lowest BCUT2D eigenvalue weighted by molar-refractivity contribution is 0.0987. The van der Waals surface area contributed by atoms with Crippen LogP contribution >= 0.6 is 15.9 Å². The Morgan fingerprint density at radius 3 is 2.77 bits per heavy atom. The standard InChI is InChI=1S/C10H9BrO2/c1-2-9(13)8-5-3-4-7(6-12)10(8)11/h3-6H,2H2,1H3. The summed E-state index contributed by atoms with van der Waals surface area (Å²) in [5.74, 6) is 0.0376. The fraction of sp³-hybridized carbons (Fsp3) is 0.200. The fourth-order valence-corrected chi connectivity index (χ4v) is 1.63. The van der Waals surface area contributed by atoms with E-state index in [4.69, 9.17) is 0 Å². The van der Waals surface area contributed by atoms with Gasteiger partial charge in [0.1, 0.15) is 0 Å². The molecular formula is C10H9BrO2. The minimum Gasteiger partial charge on any atom is -0.298 e. The van der Waals surface area contributed by atoms with Gasteiger partial charge in [-0.2, -0.15) is 0 Å². The Balaban J connectivity index is 3.23. The van der Waals surface area contributed by atoms with Gasteiger partial charge in [0.15, 0.2) is 12.1 Å². The molecule has 13 heavy (non-hydrogen) atoms. The molecule has 0 radical (unpaired) electrons. The van der Waals surface area contributed by atoms with Crippen molar-refractivity contribution in [3.63, 3.8) is 0 Å². The maximum Gasteiger partial charge on any atom is 0.163 e. The molecule has 0 heterocycles. The molecule has 0 aliphatic heterocycles. The number of aldehydes is 1. The Morgan fingerprint density at radius 1 is 1.54 bits per heavy atom. The number of benzene rings is 1. The zero-order chi connectivity index (χ0) is 9.84. The van der Waals surface area contributed by atoms with E-state index in [1.165, 1.54) is 0 Å². The molecule has 0 N–H and O–H groups in total. The first kappa shape index (κ1) is 10.1. The normalized spacial score (nSPS) is 9.69. The van der Waals surface area contributed by atoms with E-state index in [9.17, 15) is 9.59 Å². The van der Waals surface area contributed by atoms with Gasteiger partial charge in [-0.15, -0.1) is 0 Å². The van der Waals surface area contributed by atoms with Crippen LogP contribution in [0.4, 0.5) is 0 Å². The lowest BCUT2D eigenvalue weighted by Gasteiger charge is -2.02. The third-order valence-corrected chi connectivity index (χ3v) is 2.66. The molecule has 0 fully saturated rings. The highest BCUT2D eigenvalue weighted by molar-refractivity contribution is 9.10. The summed E-state index contributed by atoms with van der Waals surface area (Å²) < 4.78 is 0.594. The van der Waals surface area contributed by atoms with Crippen LogP contribution in [0.2, 0.25) is 0 Å². The third kappa shape index (κ3) is 2.04. The van der Waals surface area contributed by atoms with Crippen LogP contribution in [0.25, 0.3) is 0 Å². The summed E-state index contributed by atoms with van der Waals surface area (Å²) >= 11 is 3.23. The molecular weight excluding hydrogens is 232 g/mol. The lowest BCUT2D eigenvalue weighted by Crippen LogP contribution is -1.99. The summed E-state index contributed by atoms with van der Waals surface area (Å²) in [6.45, 7) is 1.79. The third-order valence-electron chi connectivity index (χ3n) is 1.78. The highest BCUT2D eigenvalue weighted by Crippen LogP contribution is 2.21. The van der Waals surface area contributed by atoms with Crippen LogP contribution in [-0.4, -0.2) is 12.1 Å². The Morgan fingerprint density at radius 2 is 2.23 bits per heavy atom. The van der Waals surface area contributed by atoms with Crippen molar-refractivity contribution >= 4 is 28.0 Å². The Labute approximate surface area is 85.1 Å². The number of ketones is 1. The van der Waals surface area contributed by atoms with Crippen molar-refractivity contribution in [3.05, 3.63) is 33.8 Å². The van der Waals surface area contributed by atoms with Crippen molar-refractivity contribution in [3.8, 4) is 0 Å². The number of Topliss-reactive ketones (excluding diaryl/α,β-unsaturated/α-hetero) is 1. The van der Waals surface area contributed by atoms with Gasteiger partial charge in [0.05, 0.1) is 0 Å². The molecule has 1 aromatic rings. The molecule has 0 saturated heterocycles. The Hall–Kier alpha value is -0.960. The van der Waals surface area contributed by atoms with E-state index < -0.39 is 0 Å². The SMILES string of the molecule is CCC(=O)c1cccc(C=O)c1Br. The average Bonchev–Trinajstić information content (AvgIpc) is 2.17. The molecule has 1 aromatic carbocycles. The molecule has 0 bridgehead atoms. The summed E-state index contributed by atoms with van der Waals surface area (Å²) in [7, 11) is 0. The van der Waals surface area contributed by atoms with E-state index >= 15 is 0 Å². The quantitative estimate of drug-likeness (QED) is 0.602. The number of hydrogen-bond donors (Lipinski definition) is 0. The molecule has 0 amide bonds. The van der Waals surface area contributed by atoms with Crippen molar-refractivity contribution in [2.24, 2.45) is 0 Å². The second-order valence-corrected chi connectivity index (χ2v) is 3.40. The Bertz CT molecular complexity index is 345. The summed E-state index contributed by atoms with van der Waals surface area (Å²) in [6, 6.07) is 5.09. The van der Waals surface area contributed by atoms with Crippen LogP contribution in [0.1, 0.15) is 34.1 Å². The highest BCUT2D eigenvalue weighted by atomic mass is 79.9. The van der Waals surface area contributed by atoms with Gasteiger partial charge in [-0.05, 0) is 15.9 Å². The first-order chi connectivity index (χ1) is 6.20. The maximum absolute atomic E-state index is 11.4. The van der Waals surface area contributed by atoms with Crippen LogP contribution in [0.5, 0.6) is 0 Å². The van der Waals surface area contributed by atoms with Gasteiger partial charge < -0.3 is 0 Å². The van der Waals surface area contributed by atoms with E-state index in [-0.39, 0.29) is 5.78 Å².